The summed E-state index contributed by atoms with van der Waals surface area (Å²) in [6.45, 7) is 0. The quantitative estimate of drug-likeness (QED) is 0.0872. The highest BCUT2D eigenvalue weighted by Crippen LogP contribution is 2.63. The molecular formula is C20H12F26O4S. The Morgan fingerprint density at radius 1 is 0.490 bits per heavy atom. The number of esters is 1. The van der Waals surface area contributed by atoms with Crippen molar-refractivity contribution in [3.05, 3.63) is 0 Å². The fraction of sp³-hybridized carbons (Fsp3) is 0.900. The number of carboxylic acid groups (broad SMARTS) is 1. The second-order valence-corrected chi connectivity index (χ2v) is 10.5. The summed E-state index contributed by atoms with van der Waals surface area (Å²) in [6.07, 6.45) is -32.5. The van der Waals surface area contributed by atoms with Gasteiger partial charge in [0.25, 0.3) is 0 Å². The molecule has 4 nitrogen and oxygen atoms in total. The molecule has 0 amide bonds. The summed E-state index contributed by atoms with van der Waals surface area (Å²) in [7, 11) is 0. The van der Waals surface area contributed by atoms with E-state index in [0.717, 1.165) is 0 Å². The van der Waals surface area contributed by atoms with Crippen molar-refractivity contribution in [2.24, 2.45) is 0 Å². The molecule has 31 heteroatoms. The summed E-state index contributed by atoms with van der Waals surface area (Å²) in [5.41, 5.74) is 0. The first-order chi connectivity index (χ1) is 21.8. The molecule has 1 N–H and O–H groups in total. The molecule has 2 unspecified atom stereocenters. The fourth-order valence-electron chi connectivity index (χ4n) is 3.21. The van der Waals surface area contributed by atoms with Crippen LogP contribution < -0.4 is 0 Å². The van der Waals surface area contributed by atoms with Gasteiger partial charge in [0.2, 0.25) is 0 Å². The highest BCUT2D eigenvalue weighted by atomic mass is 32.1. The third kappa shape index (κ3) is 8.04. The van der Waals surface area contributed by atoms with Crippen LogP contribution in [0.25, 0.3) is 0 Å². The van der Waals surface area contributed by atoms with Crippen LogP contribution in [0.3, 0.4) is 0 Å². The van der Waals surface area contributed by atoms with Gasteiger partial charge in [-0.05, 0) is 6.42 Å². The monoisotopic (exact) mass is 842 g/mol. The summed E-state index contributed by atoms with van der Waals surface area (Å²) >= 11 is 3.03. The van der Waals surface area contributed by atoms with Gasteiger partial charge in [-0.15, -0.1) is 0 Å². The van der Waals surface area contributed by atoms with Gasteiger partial charge in [-0.3, -0.25) is 9.59 Å². The number of hydrogen-bond acceptors (Lipinski definition) is 4. The van der Waals surface area contributed by atoms with Crippen molar-refractivity contribution in [2.75, 3.05) is 0 Å². The van der Waals surface area contributed by atoms with Gasteiger partial charge in [0.1, 0.15) is 11.4 Å². The molecule has 0 aromatic carbocycles. The van der Waals surface area contributed by atoms with Crippen LogP contribution in [0, 0.1) is 0 Å². The molecule has 304 valence electrons. The Labute approximate surface area is 267 Å². The lowest BCUT2D eigenvalue weighted by Crippen LogP contribution is -2.70. The SMILES string of the molecule is O=C(O)CC(S)C(=O)OC(CCC(F)(F)C(F)(F)C(F)(F)C(F)(F)C(F)(F)C(F)(F)F)CC(F)(F)C(F)(F)C(F)(F)C(F)(F)C(F)(F)C(F)(F)F. The maximum absolute atomic E-state index is 14.3. The molecule has 0 saturated carbocycles. The van der Waals surface area contributed by atoms with E-state index in [1.807, 2.05) is 0 Å². The minimum Gasteiger partial charge on any atom is -0.481 e. The van der Waals surface area contributed by atoms with Crippen molar-refractivity contribution >= 4 is 24.6 Å². The predicted octanol–water partition coefficient (Wildman–Crippen LogP) is 9.32. The fourth-order valence-corrected chi connectivity index (χ4v) is 3.43. The second-order valence-electron chi connectivity index (χ2n) is 9.91. The van der Waals surface area contributed by atoms with Crippen molar-refractivity contribution < 1.29 is 134 Å². The Morgan fingerprint density at radius 2 is 0.784 bits per heavy atom. The van der Waals surface area contributed by atoms with E-state index in [2.05, 4.69) is 17.4 Å². The van der Waals surface area contributed by atoms with E-state index >= 15 is 0 Å². The number of alkyl halides is 26. The van der Waals surface area contributed by atoms with Crippen LogP contribution in [0.2, 0.25) is 0 Å². The van der Waals surface area contributed by atoms with E-state index in [9.17, 15) is 124 Å². The number of carbonyl (C=O) groups is 2. The van der Waals surface area contributed by atoms with Crippen LogP contribution in [0.4, 0.5) is 114 Å². The lowest BCUT2D eigenvalue weighted by molar-refractivity contribution is -0.441. The maximum atomic E-state index is 14.3. The van der Waals surface area contributed by atoms with Crippen LogP contribution in [-0.4, -0.2) is 100.0 Å². The number of carboxylic acids is 1. The van der Waals surface area contributed by atoms with Crippen LogP contribution in [-0.2, 0) is 14.3 Å². The average molecular weight is 842 g/mol. The molecule has 0 rings (SSSR count). The summed E-state index contributed by atoms with van der Waals surface area (Å²) in [5.74, 6) is -87.1. The van der Waals surface area contributed by atoms with E-state index in [4.69, 9.17) is 5.11 Å². The average Bonchev–Trinajstić information content (AvgIpc) is 2.88. The van der Waals surface area contributed by atoms with Gasteiger partial charge in [0.15, 0.2) is 0 Å². The molecule has 0 aliphatic rings. The maximum Gasteiger partial charge on any atom is 0.460 e. The van der Waals surface area contributed by atoms with Gasteiger partial charge >= 0.3 is 83.5 Å². The molecule has 2 atom stereocenters. The molecule has 0 aliphatic heterocycles. The Hall–Kier alpha value is -2.53. The van der Waals surface area contributed by atoms with Gasteiger partial charge in [-0.2, -0.15) is 127 Å². The van der Waals surface area contributed by atoms with Crippen LogP contribution in [0.15, 0.2) is 0 Å². The van der Waals surface area contributed by atoms with Crippen molar-refractivity contribution in [3.8, 4) is 0 Å². The van der Waals surface area contributed by atoms with Gasteiger partial charge in [0, 0.05) is 6.42 Å². The number of ether oxygens (including phenoxy) is 1. The third-order valence-electron chi connectivity index (χ3n) is 6.18. The van der Waals surface area contributed by atoms with Crippen LogP contribution >= 0.6 is 12.6 Å². The van der Waals surface area contributed by atoms with Gasteiger partial charge in [0.05, 0.1) is 12.8 Å². The van der Waals surface area contributed by atoms with E-state index in [-0.39, 0.29) is 0 Å². The molecule has 0 spiro atoms. The first-order valence-corrected chi connectivity index (χ1v) is 12.3. The number of thiol groups is 1. The molecule has 0 fully saturated rings. The van der Waals surface area contributed by atoms with E-state index in [1.165, 1.54) is 0 Å². The van der Waals surface area contributed by atoms with Gasteiger partial charge < -0.3 is 9.84 Å². The zero-order valence-electron chi connectivity index (χ0n) is 22.9. The molecule has 0 aromatic rings. The highest BCUT2D eigenvalue weighted by molar-refractivity contribution is 7.81. The summed E-state index contributed by atoms with van der Waals surface area (Å²) in [4.78, 5) is 22.4. The largest absolute Gasteiger partial charge is 0.481 e. The minimum atomic E-state index is -8.62. The minimum absolute atomic E-state index is 1.72. The topological polar surface area (TPSA) is 63.6 Å². The first-order valence-electron chi connectivity index (χ1n) is 11.8. The zero-order valence-corrected chi connectivity index (χ0v) is 23.8. The highest BCUT2D eigenvalue weighted by Gasteiger charge is 2.92. The Morgan fingerprint density at radius 3 is 1.08 bits per heavy atom. The number of carbonyl (C=O) groups excluding carboxylic acids is 1. The summed E-state index contributed by atoms with van der Waals surface area (Å²) < 4.78 is 350. The molecule has 0 aromatic heterocycles. The Kier molecular flexibility index (Phi) is 13.0. The normalized spacial score (nSPS) is 16.9. The molecular weight excluding hydrogens is 830 g/mol. The van der Waals surface area contributed by atoms with E-state index in [0.29, 0.717) is 0 Å². The predicted molar refractivity (Wildman–Crippen MR) is 110 cm³/mol. The van der Waals surface area contributed by atoms with Crippen molar-refractivity contribution in [1.29, 1.82) is 0 Å². The van der Waals surface area contributed by atoms with Crippen LogP contribution in [0.1, 0.15) is 25.7 Å². The number of hydrogen-bond donors (Lipinski definition) is 2. The number of rotatable bonds is 17. The zero-order chi connectivity index (χ0) is 41.8. The Bertz CT molecular complexity index is 1250. The summed E-state index contributed by atoms with van der Waals surface area (Å²) in [6, 6.07) is 0. The van der Waals surface area contributed by atoms with Gasteiger partial charge in [-0.25, -0.2) is 0 Å². The molecule has 0 radical (unpaired) electrons. The molecule has 0 saturated heterocycles. The smallest absolute Gasteiger partial charge is 0.460 e. The Balaban J connectivity index is 7.05. The number of halogens is 26. The van der Waals surface area contributed by atoms with Crippen molar-refractivity contribution in [2.45, 2.75) is 109 Å². The second kappa shape index (κ2) is 13.7. The number of aliphatic carboxylic acids is 1. The molecule has 0 bridgehead atoms. The van der Waals surface area contributed by atoms with Crippen molar-refractivity contribution in [3.63, 3.8) is 0 Å². The van der Waals surface area contributed by atoms with E-state index < -0.39 is 121 Å². The first kappa shape index (κ1) is 48.5. The standard InChI is InChI=1S/C20H12F26O4S/c21-9(22,11(25,26)13(29,30)15(33,34)17(37,38)19(41,42)43)2-1-5(50-8(49)6(51)3-7(47)48)4-10(23,24)12(27,28)14(31,32)16(35,36)18(39,40)20(44,45)46/h5-6,51H,1-4H2,(H,47,48). The molecule has 0 heterocycles. The lowest BCUT2D eigenvalue weighted by Gasteiger charge is -2.41. The van der Waals surface area contributed by atoms with E-state index in [1.54, 1.807) is 0 Å². The third-order valence-corrected chi connectivity index (χ3v) is 6.58. The summed E-state index contributed by atoms with van der Waals surface area (Å²) in [5, 5.41) is 5.81. The van der Waals surface area contributed by atoms with Gasteiger partial charge in [-0.1, -0.05) is 0 Å². The lowest BCUT2D eigenvalue weighted by atomic mass is 9.88. The molecule has 51 heavy (non-hydrogen) atoms. The van der Waals surface area contributed by atoms with Crippen molar-refractivity contribution in [1.82, 2.24) is 0 Å². The van der Waals surface area contributed by atoms with Crippen LogP contribution in [0.5, 0.6) is 0 Å². The molecule has 0 aliphatic carbocycles.